The van der Waals surface area contributed by atoms with Gasteiger partial charge < -0.3 is 4.74 Å². The number of ketones is 1. The summed E-state index contributed by atoms with van der Waals surface area (Å²) < 4.78 is 31.6. The number of hydrogen-bond acceptors (Lipinski definition) is 4. The molecule has 0 saturated heterocycles. The minimum absolute atomic E-state index is 0.131. The van der Waals surface area contributed by atoms with Gasteiger partial charge in [-0.05, 0) is 42.0 Å². The fraction of sp³-hybridized carbons (Fsp3) is 0.136. The van der Waals surface area contributed by atoms with E-state index < -0.39 is 15.1 Å². The van der Waals surface area contributed by atoms with Crippen LogP contribution in [0.3, 0.4) is 0 Å². The zero-order chi connectivity index (χ0) is 19.3. The van der Waals surface area contributed by atoms with E-state index >= 15 is 0 Å². The van der Waals surface area contributed by atoms with Gasteiger partial charge in [0.2, 0.25) is 0 Å². The van der Waals surface area contributed by atoms with E-state index in [0.717, 1.165) is 0 Å². The molecule has 0 fully saturated rings. The normalized spacial score (nSPS) is 12.3. The first-order chi connectivity index (χ1) is 13.0. The highest BCUT2D eigenvalue weighted by atomic mass is 32.2. The molecule has 0 N–H and O–H groups in total. The second kappa shape index (κ2) is 8.18. The molecular formula is C22H20O4S. The lowest BCUT2D eigenvalue weighted by Gasteiger charge is -2.18. The van der Waals surface area contributed by atoms with E-state index in [2.05, 4.69) is 0 Å². The Morgan fingerprint density at radius 3 is 1.96 bits per heavy atom. The van der Waals surface area contributed by atoms with E-state index in [0.29, 0.717) is 16.9 Å². The quantitative estimate of drug-likeness (QED) is 0.567. The number of ether oxygens (including phenoxy) is 1. The Bertz CT molecular complexity index is 995. The lowest BCUT2D eigenvalue weighted by Crippen LogP contribution is -2.18. The zero-order valence-electron chi connectivity index (χ0n) is 14.9. The number of Topliss-reactive ketones (excluding diaryl/α,β-unsaturated/α-hetero) is 1. The molecule has 0 saturated carbocycles. The van der Waals surface area contributed by atoms with Gasteiger partial charge in [-0.25, -0.2) is 8.42 Å². The van der Waals surface area contributed by atoms with Crippen LogP contribution in [0.25, 0.3) is 0 Å². The summed E-state index contributed by atoms with van der Waals surface area (Å²) in [5, 5.41) is -0.948. The first kappa shape index (κ1) is 18.9. The molecule has 27 heavy (non-hydrogen) atoms. The second-order valence-electron chi connectivity index (χ2n) is 6.11. The molecule has 1 atom stereocenters. The Balaban J connectivity index is 1.97. The predicted octanol–water partition coefficient (Wildman–Crippen LogP) is 4.48. The van der Waals surface area contributed by atoms with Gasteiger partial charge in [0.15, 0.2) is 15.6 Å². The molecule has 0 aliphatic rings. The standard InChI is InChI=1S/C22H20O4S/c1-26-19-14-12-17(13-15-19)21(23)16-22(18-8-4-2-5-9-18)27(24,25)20-10-6-3-7-11-20/h2-15,22H,16H2,1H3/t22-/m0/s1. The van der Waals surface area contributed by atoms with Crippen molar-refractivity contribution < 1.29 is 17.9 Å². The van der Waals surface area contributed by atoms with Crippen molar-refractivity contribution in [2.75, 3.05) is 7.11 Å². The fourth-order valence-electron chi connectivity index (χ4n) is 2.91. The Labute approximate surface area is 159 Å². The van der Waals surface area contributed by atoms with Gasteiger partial charge in [0.25, 0.3) is 0 Å². The lowest BCUT2D eigenvalue weighted by molar-refractivity contribution is 0.0980. The summed E-state index contributed by atoms with van der Waals surface area (Å²) in [6.45, 7) is 0. The van der Waals surface area contributed by atoms with Gasteiger partial charge in [-0.3, -0.25) is 4.79 Å². The van der Waals surface area contributed by atoms with Gasteiger partial charge >= 0.3 is 0 Å². The largest absolute Gasteiger partial charge is 0.497 e. The number of benzene rings is 3. The summed E-state index contributed by atoms with van der Waals surface area (Å²) in [7, 11) is -2.17. The Morgan fingerprint density at radius 1 is 0.852 bits per heavy atom. The molecule has 3 aromatic carbocycles. The fourth-order valence-corrected chi connectivity index (χ4v) is 4.66. The van der Waals surface area contributed by atoms with Crippen molar-refractivity contribution in [3.8, 4) is 5.75 Å². The molecule has 4 nitrogen and oxygen atoms in total. The van der Waals surface area contributed by atoms with Crippen LogP contribution < -0.4 is 4.74 Å². The number of sulfone groups is 1. The van der Waals surface area contributed by atoms with Crippen molar-refractivity contribution >= 4 is 15.6 Å². The molecule has 0 aliphatic carbocycles. The van der Waals surface area contributed by atoms with Crippen LogP contribution in [0.5, 0.6) is 5.75 Å². The topological polar surface area (TPSA) is 60.4 Å². The van der Waals surface area contributed by atoms with E-state index in [-0.39, 0.29) is 17.1 Å². The van der Waals surface area contributed by atoms with E-state index in [4.69, 9.17) is 4.74 Å². The molecule has 0 heterocycles. The summed E-state index contributed by atoms with van der Waals surface area (Å²) in [6.07, 6.45) is -0.131. The van der Waals surface area contributed by atoms with Gasteiger partial charge in [0, 0.05) is 12.0 Å². The maximum atomic E-state index is 13.2. The van der Waals surface area contributed by atoms with Crippen molar-refractivity contribution in [2.45, 2.75) is 16.6 Å². The molecule has 0 unspecified atom stereocenters. The Morgan fingerprint density at radius 2 is 1.41 bits per heavy atom. The molecule has 0 amide bonds. The third kappa shape index (κ3) is 4.26. The molecule has 0 bridgehead atoms. The van der Waals surface area contributed by atoms with Gasteiger partial charge in [0.1, 0.15) is 5.75 Å². The highest BCUT2D eigenvalue weighted by Crippen LogP contribution is 2.33. The monoisotopic (exact) mass is 380 g/mol. The third-order valence-corrected chi connectivity index (χ3v) is 6.52. The SMILES string of the molecule is COc1ccc(C(=O)C[C@@H](c2ccccc2)S(=O)(=O)c2ccccc2)cc1. The van der Waals surface area contributed by atoms with Crippen molar-refractivity contribution in [1.82, 2.24) is 0 Å². The number of methoxy groups -OCH3 is 1. The van der Waals surface area contributed by atoms with Crippen LogP contribution in [-0.4, -0.2) is 21.3 Å². The molecular weight excluding hydrogens is 360 g/mol. The van der Waals surface area contributed by atoms with Gasteiger partial charge in [-0.2, -0.15) is 0 Å². The van der Waals surface area contributed by atoms with E-state index in [9.17, 15) is 13.2 Å². The van der Waals surface area contributed by atoms with Crippen LogP contribution in [0, 0.1) is 0 Å². The van der Waals surface area contributed by atoms with Crippen molar-refractivity contribution in [2.24, 2.45) is 0 Å². The maximum Gasteiger partial charge on any atom is 0.185 e. The number of carbonyl (C=O) groups is 1. The van der Waals surface area contributed by atoms with Gasteiger partial charge in [-0.1, -0.05) is 48.5 Å². The molecule has 0 radical (unpaired) electrons. The minimum atomic E-state index is -3.72. The smallest absolute Gasteiger partial charge is 0.185 e. The van der Waals surface area contributed by atoms with Crippen LogP contribution in [0.15, 0.2) is 89.8 Å². The molecule has 3 rings (SSSR count). The van der Waals surface area contributed by atoms with E-state index in [1.807, 2.05) is 6.07 Å². The third-order valence-electron chi connectivity index (χ3n) is 4.40. The van der Waals surface area contributed by atoms with E-state index in [1.54, 1.807) is 86.0 Å². The van der Waals surface area contributed by atoms with Crippen molar-refractivity contribution in [1.29, 1.82) is 0 Å². The van der Waals surface area contributed by atoms with Crippen LogP contribution in [0.1, 0.15) is 27.6 Å². The van der Waals surface area contributed by atoms with Crippen molar-refractivity contribution in [3.63, 3.8) is 0 Å². The molecule has 3 aromatic rings. The first-order valence-corrected chi connectivity index (χ1v) is 10.1. The zero-order valence-corrected chi connectivity index (χ0v) is 15.7. The molecule has 0 spiro atoms. The van der Waals surface area contributed by atoms with Crippen LogP contribution >= 0.6 is 0 Å². The first-order valence-electron chi connectivity index (χ1n) is 8.53. The van der Waals surface area contributed by atoms with Crippen LogP contribution in [0.2, 0.25) is 0 Å². The number of carbonyl (C=O) groups excluding carboxylic acids is 1. The number of hydrogen-bond donors (Lipinski definition) is 0. The molecule has 5 heteroatoms. The minimum Gasteiger partial charge on any atom is -0.497 e. The molecule has 0 aromatic heterocycles. The van der Waals surface area contributed by atoms with Crippen LogP contribution in [0.4, 0.5) is 0 Å². The summed E-state index contributed by atoms with van der Waals surface area (Å²) >= 11 is 0. The summed E-state index contributed by atoms with van der Waals surface area (Å²) in [6, 6.07) is 23.8. The second-order valence-corrected chi connectivity index (χ2v) is 8.24. The average Bonchev–Trinajstić information content (AvgIpc) is 2.73. The van der Waals surface area contributed by atoms with E-state index in [1.165, 1.54) is 0 Å². The maximum absolute atomic E-state index is 13.2. The van der Waals surface area contributed by atoms with Crippen molar-refractivity contribution in [3.05, 3.63) is 96.1 Å². The Kier molecular flexibility index (Phi) is 5.72. The van der Waals surface area contributed by atoms with Gasteiger partial charge in [0.05, 0.1) is 17.3 Å². The molecule has 138 valence electrons. The highest BCUT2D eigenvalue weighted by Gasteiger charge is 2.31. The molecule has 0 aliphatic heterocycles. The summed E-state index contributed by atoms with van der Waals surface area (Å²) in [4.78, 5) is 13.0. The predicted molar refractivity (Wildman–Crippen MR) is 105 cm³/mol. The Hall–Kier alpha value is -2.92. The van der Waals surface area contributed by atoms with Crippen LogP contribution in [-0.2, 0) is 9.84 Å². The average molecular weight is 380 g/mol. The highest BCUT2D eigenvalue weighted by molar-refractivity contribution is 7.91. The lowest BCUT2D eigenvalue weighted by atomic mass is 10.0. The number of rotatable bonds is 7. The summed E-state index contributed by atoms with van der Waals surface area (Å²) in [5.74, 6) is 0.411. The van der Waals surface area contributed by atoms with Gasteiger partial charge in [-0.15, -0.1) is 0 Å². The summed E-state index contributed by atoms with van der Waals surface area (Å²) in [5.41, 5.74) is 1.06.